The zero-order valence-corrected chi connectivity index (χ0v) is 11.5. The highest BCUT2D eigenvalue weighted by atomic mass is 16.3. The van der Waals surface area contributed by atoms with Gasteiger partial charge in [-0.2, -0.15) is 9.78 Å². The molecule has 1 fully saturated rings. The van der Waals surface area contributed by atoms with Crippen molar-refractivity contribution in [1.82, 2.24) is 15.1 Å². The molecule has 2 atom stereocenters. The maximum Gasteiger partial charge on any atom is 0.275 e. The van der Waals surface area contributed by atoms with Gasteiger partial charge in [0.2, 0.25) is 0 Å². The van der Waals surface area contributed by atoms with Crippen molar-refractivity contribution in [3.63, 3.8) is 0 Å². The van der Waals surface area contributed by atoms with Gasteiger partial charge in [-0.15, -0.1) is 0 Å². The molecule has 6 nitrogen and oxygen atoms in total. The SMILES string of the molecule is CC1CC1NC(=O)c1nn(-c2ccccc2)c(=O)cc1O. The number of benzene rings is 1. The smallest absolute Gasteiger partial charge is 0.275 e. The number of carbonyl (C=O) groups excluding carboxylic acids is 1. The number of nitrogens with one attached hydrogen (secondary N) is 1. The molecule has 21 heavy (non-hydrogen) atoms. The summed E-state index contributed by atoms with van der Waals surface area (Å²) in [6.07, 6.45) is 0.921. The molecule has 0 radical (unpaired) electrons. The van der Waals surface area contributed by atoms with E-state index in [9.17, 15) is 14.7 Å². The third kappa shape index (κ3) is 2.65. The number of hydrogen-bond acceptors (Lipinski definition) is 4. The molecule has 2 N–H and O–H groups in total. The lowest BCUT2D eigenvalue weighted by Gasteiger charge is -2.09. The number of carbonyl (C=O) groups is 1. The Balaban J connectivity index is 1.98. The molecule has 1 heterocycles. The lowest BCUT2D eigenvalue weighted by atomic mass is 10.3. The summed E-state index contributed by atoms with van der Waals surface area (Å²) in [5.74, 6) is -0.430. The summed E-state index contributed by atoms with van der Waals surface area (Å²) in [6.45, 7) is 2.03. The summed E-state index contributed by atoms with van der Waals surface area (Å²) < 4.78 is 1.10. The van der Waals surface area contributed by atoms with E-state index in [4.69, 9.17) is 0 Å². The summed E-state index contributed by atoms with van der Waals surface area (Å²) >= 11 is 0. The van der Waals surface area contributed by atoms with E-state index in [-0.39, 0.29) is 11.7 Å². The van der Waals surface area contributed by atoms with Crippen molar-refractivity contribution in [1.29, 1.82) is 0 Å². The molecule has 1 aliphatic rings. The monoisotopic (exact) mass is 285 g/mol. The predicted octanol–water partition coefficient (Wildman–Crippen LogP) is 1.08. The minimum atomic E-state index is -0.491. The van der Waals surface area contributed by atoms with Gasteiger partial charge in [-0.05, 0) is 24.5 Å². The van der Waals surface area contributed by atoms with Crippen LogP contribution >= 0.6 is 0 Å². The maximum atomic E-state index is 12.1. The normalized spacial score (nSPS) is 20.0. The Labute approximate surface area is 121 Å². The first-order valence-electron chi connectivity index (χ1n) is 6.76. The van der Waals surface area contributed by atoms with E-state index in [0.29, 0.717) is 11.6 Å². The first-order valence-corrected chi connectivity index (χ1v) is 6.76. The molecule has 108 valence electrons. The average Bonchev–Trinajstić information content (AvgIpc) is 3.15. The van der Waals surface area contributed by atoms with Gasteiger partial charge in [-0.1, -0.05) is 25.1 Å². The second kappa shape index (κ2) is 5.05. The van der Waals surface area contributed by atoms with E-state index in [0.717, 1.165) is 17.2 Å². The van der Waals surface area contributed by atoms with Gasteiger partial charge < -0.3 is 10.4 Å². The van der Waals surface area contributed by atoms with Crippen molar-refractivity contribution >= 4 is 5.91 Å². The fourth-order valence-electron chi connectivity index (χ4n) is 2.12. The molecule has 1 aromatic heterocycles. The summed E-state index contributed by atoms with van der Waals surface area (Å²) in [7, 11) is 0. The fraction of sp³-hybridized carbons (Fsp3) is 0.267. The number of aromatic hydroxyl groups is 1. The first kappa shape index (κ1) is 13.4. The number of nitrogens with zero attached hydrogens (tertiary/aromatic N) is 2. The third-order valence-electron chi connectivity index (χ3n) is 3.55. The number of rotatable bonds is 3. The van der Waals surface area contributed by atoms with Gasteiger partial charge in [-0.25, -0.2) is 0 Å². The highest BCUT2D eigenvalue weighted by Crippen LogP contribution is 2.29. The van der Waals surface area contributed by atoms with Crippen molar-refractivity contribution in [2.45, 2.75) is 19.4 Å². The van der Waals surface area contributed by atoms with Gasteiger partial charge >= 0.3 is 0 Å². The molecule has 6 heteroatoms. The van der Waals surface area contributed by atoms with Crippen LogP contribution in [-0.4, -0.2) is 26.8 Å². The van der Waals surface area contributed by atoms with Crippen LogP contribution in [0.1, 0.15) is 23.8 Å². The van der Waals surface area contributed by atoms with Crippen LogP contribution in [0.4, 0.5) is 0 Å². The number of aromatic nitrogens is 2. The molecule has 0 saturated heterocycles. The molecule has 1 saturated carbocycles. The lowest BCUT2D eigenvalue weighted by molar-refractivity contribution is 0.0939. The molecular weight excluding hydrogens is 270 g/mol. The Morgan fingerprint density at radius 1 is 1.38 bits per heavy atom. The molecule has 2 unspecified atom stereocenters. The maximum absolute atomic E-state index is 12.1. The topological polar surface area (TPSA) is 84.2 Å². The second-order valence-corrected chi connectivity index (χ2v) is 5.26. The molecule has 1 aliphatic carbocycles. The van der Waals surface area contributed by atoms with Crippen molar-refractivity contribution in [3.05, 3.63) is 52.4 Å². The van der Waals surface area contributed by atoms with Gasteiger partial charge in [-0.3, -0.25) is 9.59 Å². The van der Waals surface area contributed by atoms with Crippen LogP contribution in [0.25, 0.3) is 5.69 Å². The van der Waals surface area contributed by atoms with Crippen LogP contribution in [0, 0.1) is 5.92 Å². The summed E-state index contributed by atoms with van der Waals surface area (Å²) in [5, 5.41) is 16.6. The highest BCUT2D eigenvalue weighted by molar-refractivity contribution is 5.95. The average molecular weight is 285 g/mol. The van der Waals surface area contributed by atoms with Crippen molar-refractivity contribution in [2.24, 2.45) is 5.92 Å². The number of para-hydroxylation sites is 1. The Kier molecular flexibility index (Phi) is 3.21. The zero-order valence-electron chi connectivity index (χ0n) is 11.5. The Morgan fingerprint density at radius 2 is 2.05 bits per heavy atom. The zero-order chi connectivity index (χ0) is 15.0. The molecule has 0 spiro atoms. The van der Waals surface area contributed by atoms with E-state index in [1.165, 1.54) is 0 Å². The van der Waals surface area contributed by atoms with Gasteiger partial charge in [0, 0.05) is 12.1 Å². The van der Waals surface area contributed by atoms with Crippen LogP contribution in [0.15, 0.2) is 41.2 Å². The molecule has 0 bridgehead atoms. The molecule has 2 aromatic rings. The minimum absolute atomic E-state index is 0.121. The van der Waals surface area contributed by atoms with E-state index in [2.05, 4.69) is 10.4 Å². The Bertz CT molecular complexity index is 740. The number of amides is 1. The van der Waals surface area contributed by atoms with Gasteiger partial charge in [0.1, 0.15) is 0 Å². The van der Waals surface area contributed by atoms with Crippen LogP contribution in [0.5, 0.6) is 5.75 Å². The van der Waals surface area contributed by atoms with E-state index in [1.807, 2.05) is 13.0 Å². The fourth-order valence-corrected chi connectivity index (χ4v) is 2.12. The Hall–Kier alpha value is -2.63. The van der Waals surface area contributed by atoms with E-state index < -0.39 is 17.2 Å². The van der Waals surface area contributed by atoms with E-state index >= 15 is 0 Å². The quantitative estimate of drug-likeness (QED) is 0.883. The lowest BCUT2D eigenvalue weighted by Crippen LogP contribution is -2.31. The minimum Gasteiger partial charge on any atom is -0.505 e. The Morgan fingerprint density at radius 3 is 2.67 bits per heavy atom. The highest BCUT2D eigenvalue weighted by Gasteiger charge is 2.35. The molecule has 3 rings (SSSR count). The standard InChI is InChI=1S/C15H15N3O3/c1-9-7-11(9)16-15(21)14-12(19)8-13(20)18(17-14)10-5-3-2-4-6-10/h2-6,8-9,11,19H,7H2,1H3,(H,16,21). The van der Waals surface area contributed by atoms with Crippen molar-refractivity contribution < 1.29 is 9.90 Å². The molecule has 1 aromatic carbocycles. The van der Waals surface area contributed by atoms with E-state index in [1.54, 1.807) is 24.3 Å². The number of hydrogen-bond donors (Lipinski definition) is 2. The summed E-state index contributed by atoms with van der Waals surface area (Å²) in [4.78, 5) is 24.0. The summed E-state index contributed by atoms with van der Waals surface area (Å²) in [6, 6.07) is 9.88. The largest absolute Gasteiger partial charge is 0.505 e. The van der Waals surface area contributed by atoms with Crippen molar-refractivity contribution in [3.8, 4) is 11.4 Å². The van der Waals surface area contributed by atoms with Crippen LogP contribution in [0.2, 0.25) is 0 Å². The van der Waals surface area contributed by atoms with Crippen LogP contribution in [-0.2, 0) is 0 Å². The van der Waals surface area contributed by atoms with Crippen LogP contribution < -0.4 is 10.9 Å². The second-order valence-electron chi connectivity index (χ2n) is 5.26. The summed E-state index contributed by atoms with van der Waals surface area (Å²) in [5.41, 5.74) is -0.0936. The van der Waals surface area contributed by atoms with Gasteiger partial charge in [0.05, 0.1) is 5.69 Å². The molecular formula is C15H15N3O3. The molecule has 1 amide bonds. The molecule has 0 aliphatic heterocycles. The van der Waals surface area contributed by atoms with Crippen LogP contribution in [0.3, 0.4) is 0 Å². The third-order valence-corrected chi connectivity index (χ3v) is 3.55. The van der Waals surface area contributed by atoms with Crippen molar-refractivity contribution in [2.75, 3.05) is 0 Å². The predicted molar refractivity (Wildman–Crippen MR) is 76.5 cm³/mol. The van der Waals surface area contributed by atoms with Gasteiger partial charge in [0.15, 0.2) is 11.4 Å². The van der Waals surface area contributed by atoms with Gasteiger partial charge in [0.25, 0.3) is 11.5 Å². The first-order chi connectivity index (χ1) is 10.1.